The standard InChI is InChI=1S/C13H18F2N2/c1-9(2)12-8-16-6-7-17(12)13-10(14)4-3-5-11(13)15/h3-5,9,12,16H,6-8H2,1-2H3. The molecule has 2 rings (SSSR count). The molecule has 1 aromatic rings. The second-order valence-corrected chi connectivity index (χ2v) is 4.78. The number of nitrogens with zero attached hydrogens (tertiary/aromatic N) is 1. The quantitative estimate of drug-likeness (QED) is 0.854. The number of hydrogen-bond acceptors (Lipinski definition) is 2. The summed E-state index contributed by atoms with van der Waals surface area (Å²) in [5, 5.41) is 3.27. The maximum absolute atomic E-state index is 13.8. The van der Waals surface area contributed by atoms with Crippen LogP contribution in [0.4, 0.5) is 14.5 Å². The van der Waals surface area contributed by atoms with Gasteiger partial charge in [-0.3, -0.25) is 0 Å². The van der Waals surface area contributed by atoms with E-state index in [1.54, 1.807) is 0 Å². The zero-order valence-corrected chi connectivity index (χ0v) is 10.2. The van der Waals surface area contributed by atoms with E-state index in [0.29, 0.717) is 12.5 Å². The Hall–Kier alpha value is -1.16. The van der Waals surface area contributed by atoms with E-state index in [-0.39, 0.29) is 11.7 Å². The topological polar surface area (TPSA) is 15.3 Å². The van der Waals surface area contributed by atoms with Crippen LogP contribution in [0.2, 0.25) is 0 Å². The highest BCUT2D eigenvalue weighted by Crippen LogP contribution is 2.27. The fraction of sp³-hybridized carbons (Fsp3) is 0.538. The maximum atomic E-state index is 13.8. The molecule has 0 amide bonds. The van der Waals surface area contributed by atoms with Crippen molar-refractivity contribution in [3.05, 3.63) is 29.8 Å². The number of rotatable bonds is 2. The number of benzene rings is 1. The molecule has 94 valence electrons. The van der Waals surface area contributed by atoms with Crippen LogP contribution in [-0.4, -0.2) is 25.7 Å². The largest absolute Gasteiger partial charge is 0.361 e. The van der Waals surface area contributed by atoms with Gasteiger partial charge in [-0.15, -0.1) is 0 Å². The third-order valence-corrected chi connectivity index (χ3v) is 3.28. The SMILES string of the molecule is CC(C)C1CNCCN1c1c(F)cccc1F. The van der Waals surface area contributed by atoms with E-state index in [2.05, 4.69) is 19.2 Å². The van der Waals surface area contributed by atoms with Gasteiger partial charge in [0, 0.05) is 25.7 Å². The summed E-state index contributed by atoms with van der Waals surface area (Å²) in [6.07, 6.45) is 0. The first kappa shape index (κ1) is 12.3. The van der Waals surface area contributed by atoms with Gasteiger partial charge >= 0.3 is 0 Å². The maximum Gasteiger partial charge on any atom is 0.149 e. The van der Waals surface area contributed by atoms with Gasteiger partial charge in [-0.1, -0.05) is 19.9 Å². The Morgan fingerprint density at radius 2 is 1.94 bits per heavy atom. The number of halogens is 2. The lowest BCUT2D eigenvalue weighted by Gasteiger charge is -2.40. The van der Waals surface area contributed by atoms with E-state index in [1.807, 2.05) is 4.90 Å². The normalized spacial score (nSPS) is 21.0. The van der Waals surface area contributed by atoms with Crippen LogP contribution in [-0.2, 0) is 0 Å². The summed E-state index contributed by atoms with van der Waals surface area (Å²) in [7, 11) is 0. The van der Waals surface area contributed by atoms with Crippen molar-refractivity contribution in [2.24, 2.45) is 5.92 Å². The highest BCUT2D eigenvalue weighted by Gasteiger charge is 2.28. The zero-order valence-electron chi connectivity index (χ0n) is 10.2. The van der Waals surface area contributed by atoms with Crippen LogP contribution in [0.3, 0.4) is 0 Å². The van der Waals surface area contributed by atoms with Crippen molar-refractivity contribution >= 4 is 5.69 Å². The van der Waals surface area contributed by atoms with Gasteiger partial charge in [0.25, 0.3) is 0 Å². The highest BCUT2D eigenvalue weighted by molar-refractivity contribution is 5.50. The summed E-state index contributed by atoms with van der Waals surface area (Å²) >= 11 is 0. The molecule has 1 aliphatic rings. The van der Waals surface area contributed by atoms with Gasteiger partial charge in [0.1, 0.15) is 17.3 Å². The summed E-state index contributed by atoms with van der Waals surface area (Å²) in [5.74, 6) is -0.600. The van der Waals surface area contributed by atoms with Crippen LogP contribution in [0, 0.1) is 17.6 Å². The molecule has 0 bridgehead atoms. The van der Waals surface area contributed by atoms with Crippen LogP contribution in [0.15, 0.2) is 18.2 Å². The molecule has 0 spiro atoms. The predicted octanol–water partition coefficient (Wildman–Crippen LogP) is 2.40. The van der Waals surface area contributed by atoms with E-state index in [1.165, 1.54) is 18.2 Å². The lowest BCUT2D eigenvalue weighted by atomic mass is 9.99. The van der Waals surface area contributed by atoms with Crippen LogP contribution < -0.4 is 10.2 Å². The lowest BCUT2D eigenvalue weighted by Crippen LogP contribution is -2.54. The first-order valence-corrected chi connectivity index (χ1v) is 6.02. The summed E-state index contributed by atoms with van der Waals surface area (Å²) in [5.41, 5.74) is 0.118. The third-order valence-electron chi connectivity index (χ3n) is 3.28. The summed E-state index contributed by atoms with van der Waals surface area (Å²) < 4.78 is 27.5. The van der Waals surface area contributed by atoms with Gasteiger partial charge in [-0.25, -0.2) is 8.78 Å². The number of piperazine rings is 1. The van der Waals surface area contributed by atoms with Crippen LogP contribution >= 0.6 is 0 Å². The van der Waals surface area contributed by atoms with E-state index in [4.69, 9.17) is 0 Å². The average molecular weight is 240 g/mol. The Bertz CT molecular complexity index is 373. The summed E-state index contributed by atoms with van der Waals surface area (Å²) in [4.78, 5) is 1.85. The second kappa shape index (κ2) is 5.00. The molecular formula is C13H18F2N2. The van der Waals surface area contributed by atoms with Gasteiger partial charge in [0.05, 0.1) is 0 Å². The molecule has 1 heterocycles. The van der Waals surface area contributed by atoms with E-state index in [9.17, 15) is 8.78 Å². The molecule has 1 unspecified atom stereocenters. The molecule has 1 saturated heterocycles. The molecular weight excluding hydrogens is 222 g/mol. The first-order valence-electron chi connectivity index (χ1n) is 6.02. The molecule has 4 heteroatoms. The van der Waals surface area contributed by atoms with Crippen molar-refractivity contribution in [2.45, 2.75) is 19.9 Å². The predicted molar refractivity (Wildman–Crippen MR) is 65.2 cm³/mol. The Morgan fingerprint density at radius 3 is 2.53 bits per heavy atom. The van der Waals surface area contributed by atoms with Gasteiger partial charge in [-0.05, 0) is 18.1 Å². The molecule has 0 aliphatic carbocycles. The van der Waals surface area contributed by atoms with Crippen molar-refractivity contribution in [2.75, 3.05) is 24.5 Å². The van der Waals surface area contributed by atoms with Gasteiger partial charge in [0.2, 0.25) is 0 Å². The minimum Gasteiger partial charge on any atom is -0.361 e. The number of para-hydroxylation sites is 1. The van der Waals surface area contributed by atoms with Gasteiger partial charge < -0.3 is 10.2 Å². The van der Waals surface area contributed by atoms with E-state index in [0.717, 1.165) is 13.1 Å². The molecule has 1 aromatic carbocycles. The summed E-state index contributed by atoms with van der Waals surface area (Å²) in [6.45, 7) is 6.32. The Morgan fingerprint density at radius 1 is 1.29 bits per heavy atom. The molecule has 1 atom stereocenters. The molecule has 2 nitrogen and oxygen atoms in total. The fourth-order valence-electron chi connectivity index (χ4n) is 2.36. The number of anilines is 1. The molecule has 1 fully saturated rings. The Kier molecular flexibility index (Phi) is 3.62. The average Bonchev–Trinajstić information content (AvgIpc) is 2.29. The Balaban J connectivity index is 2.36. The number of hydrogen-bond donors (Lipinski definition) is 1. The Labute approximate surface area is 101 Å². The van der Waals surface area contributed by atoms with Gasteiger partial charge in [0.15, 0.2) is 0 Å². The minimum atomic E-state index is -0.474. The van der Waals surface area contributed by atoms with Crippen LogP contribution in [0.5, 0.6) is 0 Å². The molecule has 0 aromatic heterocycles. The van der Waals surface area contributed by atoms with Crippen molar-refractivity contribution in [3.63, 3.8) is 0 Å². The smallest absolute Gasteiger partial charge is 0.149 e. The molecule has 1 aliphatic heterocycles. The van der Waals surface area contributed by atoms with Crippen LogP contribution in [0.1, 0.15) is 13.8 Å². The monoisotopic (exact) mass is 240 g/mol. The lowest BCUT2D eigenvalue weighted by molar-refractivity contribution is 0.382. The number of nitrogens with one attached hydrogen (secondary N) is 1. The van der Waals surface area contributed by atoms with Crippen LogP contribution in [0.25, 0.3) is 0 Å². The third kappa shape index (κ3) is 2.41. The first-order chi connectivity index (χ1) is 8.11. The molecule has 1 N–H and O–H groups in total. The van der Waals surface area contributed by atoms with Crippen molar-refractivity contribution < 1.29 is 8.78 Å². The van der Waals surface area contributed by atoms with Crippen molar-refractivity contribution in [1.82, 2.24) is 5.32 Å². The second-order valence-electron chi connectivity index (χ2n) is 4.78. The summed E-state index contributed by atoms with van der Waals surface area (Å²) in [6, 6.07) is 4.17. The van der Waals surface area contributed by atoms with E-state index >= 15 is 0 Å². The molecule has 17 heavy (non-hydrogen) atoms. The minimum absolute atomic E-state index is 0.118. The molecule has 0 saturated carbocycles. The highest BCUT2D eigenvalue weighted by atomic mass is 19.1. The van der Waals surface area contributed by atoms with Gasteiger partial charge in [-0.2, -0.15) is 0 Å². The van der Waals surface area contributed by atoms with Crippen molar-refractivity contribution in [3.8, 4) is 0 Å². The fourth-order valence-corrected chi connectivity index (χ4v) is 2.36. The van der Waals surface area contributed by atoms with E-state index < -0.39 is 11.6 Å². The zero-order chi connectivity index (χ0) is 12.4. The van der Waals surface area contributed by atoms with Crippen molar-refractivity contribution in [1.29, 1.82) is 0 Å². The molecule has 0 radical (unpaired) electrons.